The maximum Gasteiger partial charge on any atom is 0.222 e. The SMILES string of the molecule is C/C(=N/Nc1nc2ccccc2[nH]1)c1ccc(N2CCCCC2)cc1. The fourth-order valence-corrected chi connectivity index (χ4v) is 3.27. The molecule has 3 aromatic rings. The summed E-state index contributed by atoms with van der Waals surface area (Å²) in [5.41, 5.74) is 8.32. The van der Waals surface area contributed by atoms with E-state index in [4.69, 9.17) is 0 Å². The second-order valence-corrected chi connectivity index (χ2v) is 6.51. The van der Waals surface area contributed by atoms with E-state index in [9.17, 15) is 0 Å². The van der Waals surface area contributed by atoms with Gasteiger partial charge in [0.2, 0.25) is 5.95 Å². The van der Waals surface area contributed by atoms with Crippen LogP contribution in [0.4, 0.5) is 11.6 Å². The number of hydrazone groups is 1. The summed E-state index contributed by atoms with van der Waals surface area (Å²) in [6, 6.07) is 16.6. The zero-order valence-electron chi connectivity index (χ0n) is 14.5. The van der Waals surface area contributed by atoms with Gasteiger partial charge in [-0.25, -0.2) is 10.4 Å². The Balaban J connectivity index is 1.45. The lowest BCUT2D eigenvalue weighted by molar-refractivity contribution is 0.578. The molecule has 0 bridgehead atoms. The minimum atomic E-state index is 0.658. The van der Waals surface area contributed by atoms with Crippen LogP contribution < -0.4 is 10.3 Å². The van der Waals surface area contributed by atoms with Crippen LogP contribution in [-0.4, -0.2) is 28.8 Å². The minimum absolute atomic E-state index is 0.658. The van der Waals surface area contributed by atoms with Crippen molar-refractivity contribution < 1.29 is 0 Å². The number of aromatic amines is 1. The van der Waals surface area contributed by atoms with Gasteiger partial charge in [0.25, 0.3) is 0 Å². The van der Waals surface area contributed by atoms with Crippen LogP contribution in [0.1, 0.15) is 31.7 Å². The number of benzene rings is 2. The van der Waals surface area contributed by atoms with Crippen molar-refractivity contribution in [3.8, 4) is 0 Å². The summed E-state index contributed by atoms with van der Waals surface area (Å²) in [7, 11) is 0. The smallest absolute Gasteiger partial charge is 0.222 e. The van der Waals surface area contributed by atoms with Gasteiger partial charge in [-0.3, -0.25) is 0 Å². The highest BCUT2D eigenvalue weighted by atomic mass is 15.4. The van der Waals surface area contributed by atoms with E-state index in [0.717, 1.165) is 22.3 Å². The molecule has 0 saturated carbocycles. The molecule has 1 aliphatic rings. The Hall–Kier alpha value is -2.82. The lowest BCUT2D eigenvalue weighted by atomic mass is 10.1. The van der Waals surface area contributed by atoms with Gasteiger partial charge in [0.05, 0.1) is 16.7 Å². The van der Waals surface area contributed by atoms with Gasteiger partial charge >= 0.3 is 0 Å². The highest BCUT2D eigenvalue weighted by Crippen LogP contribution is 2.20. The number of para-hydroxylation sites is 2. The monoisotopic (exact) mass is 333 g/mol. The largest absolute Gasteiger partial charge is 0.372 e. The summed E-state index contributed by atoms with van der Waals surface area (Å²) in [6.07, 6.45) is 3.95. The lowest BCUT2D eigenvalue weighted by Crippen LogP contribution is -2.29. The van der Waals surface area contributed by atoms with Crippen molar-refractivity contribution in [1.29, 1.82) is 0 Å². The fourth-order valence-electron chi connectivity index (χ4n) is 3.27. The molecular formula is C20H23N5. The number of hydrogen-bond donors (Lipinski definition) is 2. The second kappa shape index (κ2) is 6.97. The molecule has 25 heavy (non-hydrogen) atoms. The topological polar surface area (TPSA) is 56.3 Å². The average Bonchev–Trinajstić information content (AvgIpc) is 3.10. The van der Waals surface area contributed by atoms with Crippen molar-refractivity contribution >= 4 is 28.4 Å². The van der Waals surface area contributed by atoms with Crippen molar-refractivity contribution in [2.45, 2.75) is 26.2 Å². The summed E-state index contributed by atoms with van der Waals surface area (Å²) >= 11 is 0. The molecule has 0 radical (unpaired) electrons. The third kappa shape index (κ3) is 3.50. The third-order valence-corrected chi connectivity index (χ3v) is 4.73. The second-order valence-electron chi connectivity index (χ2n) is 6.51. The Kier molecular flexibility index (Phi) is 4.37. The normalized spacial score (nSPS) is 15.6. The molecule has 128 valence electrons. The molecule has 0 aliphatic carbocycles. The van der Waals surface area contributed by atoms with E-state index in [0.29, 0.717) is 5.95 Å². The van der Waals surface area contributed by atoms with E-state index in [1.807, 2.05) is 31.2 Å². The van der Waals surface area contributed by atoms with Gasteiger partial charge < -0.3 is 9.88 Å². The van der Waals surface area contributed by atoms with Crippen molar-refractivity contribution in [1.82, 2.24) is 9.97 Å². The number of fused-ring (bicyclic) bond motifs is 1. The van der Waals surface area contributed by atoms with E-state index < -0.39 is 0 Å². The van der Waals surface area contributed by atoms with E-state index in [1.54, 1.807) is 0 Å². The molecular weight excluding hydrogens is 310 g/mol. The van der Waals surface area contributed by atoms with Gasteiger partial charge in [0.15, 0.2) is 0 Å². The molecule has 0 amide bonds. The molecule has 2 aromatic carbocycles. The van der Waals surface area contributed by atoms with Gasteiger partial charge in [-0.2, -0.15) is 5.10 Å². The number of rotatable bonds is 4. The van der Waals surface area contributed by atoms with Crippen LogP contribution in [0, 0.1) is 0 Å². The Morgan fingerprint density at radius 1 is 1.04 bits per heavy atom. The molecule has 0 atom stereocenters. The summed E-state index contributed by atoms with van der Waals surface area (Å²) in [5.74, 6) is 0.658. The molecule has 1 aliphatic heterocycles. The van der Waals surface area contributed by atoms with Crippen molar-refractivity contribution in [3.63, 3.8) is 0 Å². The van der Waals surface area contributed by atoms with Gasteiger partial charge in [0.1, 0.15) is 0 Å². The van der Waals surface area contributed by atoms with Gasteiger partial charge in [-0.15, -0.1) is 0 Å². The van der Waals surface area contributed by atoms with Crippen LogP contribution in [0.3, 0.4) is 0 Å². The van der Waals surface area contributed by atoms with Crippen LogP contribution >= 0.6 is 0 Å². The Morgan fingerprint density at radius 2 is 1.80 bits per heavy atom. The summed E-state index contributed by atoms with van der Waals surface area (Å²) in [6.45, 7) is 4.34. The first kappa shape index (κ1) is 15.7. The number of anilines is 2. The number of piperidine rings is 1. The molecule has 0 spiro atoms. The third-order valence-electron chi connectivity index (χ3n) is 4.73. The molecule has 1 aromatic heterocycles. The molecule has 5 heteroatoms. The van der Waals surface area contributed by atoms with Crippen LogP contribution in [0.15, 0.2) is 53.6 Å². The molecule has 1 saturated heterocycles. The number of H-pyrrole nitrogens is 1. The predicted molar refractivity (Wildman–Crippen MR) is 104 cm³/mol. The highest BCUT2D eigenvalue weighted by Gasteiger charge is 2.10. The quantitative estimate of drug-likeness (QED) is 0.550. The molecule has 4 rings (SSSR count). The highest BCUT2D eigenvalue weighted by molar-refractivity contribution is 5.99. The summed E-state index contributed by atoms with van der Waals surface area (Å²) < 4.78 is 0. The van der Waals surface area contributed by atoms with Crippen molar-refractivity contribution in [3.05, 3.63) is 54.1 Å². The first-order valence-corrected chi connectivity index (χ1v) is 8.90. The van der Waals surface area contributed by atoms with Gasteiger partial charge in [-0.1, -0.05) is 24.3 Å². The van der Waals surface area contributed by atoms with Crippen LogP contribution in [0.2, 0.25) is 0 Å². The zero-order chi connectivity index (χ0) is 17.1. The Bertz CT molecular complexity index is 839. The maximum atomic E-state index is 4.47. The number of imidazole rings is 1. The Labute approximate surface area is 147 Å². The average molecular weight is 333 g/mol. The number of nitrogens with one attached hydrogen (secondary N) is 2. The summed E-state index contributed by atoms with van der Waals surface area (Å²) in [4.78, 5) is 10.2. The molecule has 1 fully saturated rings. The van der Waals surface area contributed by atoms with Gasteiger partial charge in [0, 0.05) is 18.8 Å². The van der Waals surface area contributed by atoms with E-state index >= 15 is 0 Å². The van der Waals surface area contributed by atoms with Crippen LogP contribution in [-0.2, 0) is 0 Å². The van der Waals surface area contributed by atoms with E-state index in [2.05, 4.69) is 49.7 Å². The first-order valence-electron chi connectivity index (χ1n) is 8.90. The molecule has 2 N–H and O–H groups in total. The number of aromatic nitrogens is 2. The van der Waals surface area contributed by atoms with Crippen LogP contribution in [0.25, 0.3) is 11.0 Å². The molecule has 2 heterocycles. The minimum Gasteiger partial charge on any atom is -0.372 e. The maximum absolute atomic E-state index is 4.47. The lowest BCUT2D eigenvalue weighted by Gasteiger charge is -2.28. The number of nitrogens with zero attached hydrogens (tertiary/aromatic N) is 3. The number of hydrogen-bond acceptors (Lipinski definition) is 4. The van der Waals surface area contributed by atoms with Crippen LogP contribution in [0.5, 0.6) is 0 Å². The van der Waals surface area contributed by atoms with E-state index in [1.165, 1.54) is 38.0 Å². The van der Waals surface area contributed by atoms with Crippen molar-refractivity contribution in [2.24, 2.45) is 5.10 Å². The standard InChI is InChI=1S/C20H23N5/c1-15(23-24-20-21-18-7-3-4-8-19(18)22-20)16-9-11-17(12-10-16)25-13-5-2-6-14-25/h3-4,7-12H,2,5-6,13-14H2,1H3,(H2,21,22,24)/b23-15-. The zero-order valence-corrected chi connectivity index (χ0v) is 14.5. The summed E-state index contributed by atoms with van der Waals surface area (Å²) in [5, 5.41) is 4.46. The van der Waals surface area contributed by atoms with Crippen molar-refractivity contribution in [2.75, 3.05) is 23.4 Å². The van der Waals surface area contributed by atoms with E-state index in [-0.39, 0.29) is 0 Å². The predicted octanol–water partition coefficient (Wildman–Crippen LogP) is 4.39. The molecule has 5 nitrogen and oxygen atoms in total. The van der Waals surface area contributed by atoms with Gasteiger partial charge in [-0.05, 0) is 56.0 Å². The Morgan fingerprint density at radius 3 is 2.56 bits per heavy atom. The first-order chi connectivity index (χ1) is 12.3. The fraction of sp³-hybridized carbons (Fsp3) is 0.300. The molecule has 0 unspecified atom stereocenters.